The Morgan fingerprint density at radius 3 is 2.52 bits per heavy atom. The van der Waals surface area contributed by atoms with Gasteiger partial charge in [0.25, 0.3) is 10.0 Å². The first-order valence-electron chi connectivity index (χ1n) is 9.19. The van der Waals surface area contributed by atoms with E-state index in [-0.39, 0.29) is 4.90 Å². The molecule has 0 amide bonds. The highest BCUT2D eigenvalue weighted by Gasteiger charge is 2.25. The molecule has 1 aliphatic heterocycles. The van der Waals surface area contributed by atoms with Crippen LogP contribution in [0.15, 0.2) is 59.6 Å². The number of hydrogen-bond acceptors (Lipinski definition) is 4. The van der Waals surface area contributed by atoms with Crippen LogP contribution in [0.5, 0.6) is 5.75 Å². The second-order valence-electron chi connectivity index (χ2n) is 7.13. The van der Waals surface area contributed by atoms with E-state index < -0.39 is 10.0 Å². The Morgan fingerprint density at radius 2 is 1.85 bits per heavy atom. The van der Waals surface area contributed by atoms with Crippen LogP contribution in [-0.2, 0) is 16.4 Å². The topological polar surface area (TPSA) is 51.5 Å². The van der Waals surface area contributed by atoms with Crippen molar-refractivity contribution in [2.75, 3.05) is 20.7 Å². The first kappa shape index (κ1) is 18.1. The quantitative estimate of drug-likeness (QED) is 0.675. The van der Waals surface area contributed by atoms with Crippen molar-refractivity contribution in [3.05, 3.63) is 60.3 Å². The molecule has 0 spiro atoms. The van der Waals surface area contributed by atoms with E-state index in [2.05, 4.69) is 11.9 Å². The van der Waals surface area contributed by atoms with Crippen LogP contribution in [0.3, 0.4) is 0 Å². The van der Waals surface area contributed by atoms with E-state index in [9.17, 15) is 8.42 Å². The van der Waals surface area contributed by atoms with Gasteiger partial charge in [-0.1, -0.05) is 18.2 Å². The number of nitrogens with zero attached hydrogens (tertiary/aromatic N) is 2. The number of rotatable bonds is 5. The SMILES string of the molecule is COc1ccc(S(=O)(=O)n2cc(CC3CCCN3C)c3ccccc32)cc1. The lowest BCUT2D eigenvalue weighted by atomic mass is 10.0. The minimum absolute atomic E-state index is 0.258. The fraction of sp³-hybridized carbons (Fsp3) is 0.333. The van der Waals surface area contributed by atoms with Crippen molar-refractivity contribution in [2.45, 2.75) is 30.2 Å². The Kier molecular flexibility index (Phi) is 4.70. The van der Waals surface area contributed by atoms with Crippen LogP contribution in [-0.4, -0.2) is 44.0 Å². The summed E-state index contributed by atoms with van der Waals surface area (Å²) in [7, 11) is 0.0392. The van der Waals surface area contributed by atoms with Gasteiger partial charge >= 0.3 is 0 Å². The second-order valence-corrected chi connectivity index (χ2v) is 8.94. The Hall–Kier alpha value is -2.31. The van der Waals surface area contributed by atoms with Crippen LogP contribution in [0.2, 0.25) is 0 Å². The van der Waals surface area contributed by atoms with Crippen molar-refractivity contribution in [1.29, 1.82) is 0 Å². The van der Waals surface area contributed by atoms with Gasteiger partial charge in [-0.3, -0.25) is 0 Å². The van der Waals surface area contributed by atoms with Crippen molar-refractivity contribution >= 4 is 20.9 Å². The molecule has 27 heavy (non-hydrogen) atoms. The average Bonchev–Trinajstić information content (AvgIpc) is 3.26. The van der Waals surface area contributed by atoms with Gasteiger partial charge in [-0.2, -0.15) is 0 Å². The number of aromatic nitrogens is 1. The smallest absolute Gasteiger partial charge is 0.268 e. The lowest BCUT2D eigenvalue weighted by molar-refractivity contribution is 0.310. The molecule has 1 aromatic heterocycles. The number of benzene rings is 2. The minimum Gasteiger partial charge on any atom is -0.497 e. The zero-order valence-electron chi connectivity index (χ0n) is 15.6. The molecule has 1 atom stereocenters. The molecule has 0 N–H and O–H groups in total. The molecule has 2 heterocycles. The largest absolute Gasteiger partial charge is 0.497 e. The molecule has 1 unspecified atom stereocenters. The van der Waals surface area contributed by atoms with E-state index in [1.54, 1.807) is 37.6 Å². The number of hydrogen-bond donors (Lipinski definition) is 0. The first-order chi connectivity index (χ1) is 13.0. The maximum absolute atomic E-state index is 13.3. The highest BCUT2D eigenvalue weighted by atomic mass is 32.2. The van der Waals surface area contributed by atoms with Crippen molar-refractivity contribution in [3.63, 3.8) is 0 Å². The summed E-state index contributed by atoms with van der Waals surface area (Å²) in [6, 6.07) is 14.7. The van der Waals surface area contributed by atoms with E-state index in [0.29, 0.717) is 11.8 Å². The summed E-state index contributed by atoms with van der Waals surface area (Å²) in [5, 5.41) is 1.01. The molecule has 0 saturated carbocycles. The molecule has 6 heteroatoms. The number of para-hydroxylation sites is 1. The normalized spacial score (nSPS) is 18.2. The Bertz CT molecular complexity index is 1050. The molecule has 3 aromatic rings. The summed E-state index contributed by atoms with van der Waals surface area (Å²) in [6.45, 7) is 1.10. The predicted octanol–water partition coefficient (Wildman–Crippen LogP) is 3.52. The van der Waals surface area contributed by atoms with Crippen molar-refractivity contribution < 1.29 is 13.2 Å². The molecule has 2 aromatic carbocycles. The molecule has 5 nitrogen and oxygen atoms in total. The number of methoxy groups -OCH3 is 1. The Labute approximate surface area is 160 Å². The zero-order chi connectivity index (χ0) is 19.0. The summed E-state index contributed by atoms with van der Waals surface area (Å²) in [6.07, 6.45) is 5.02. The Balaban J connectivity index is 1.79. The fourth-order valence-corrected chi connectivity index (χ4v) is 5.32. The summed E-state index contributed by atoms with van der Waals surface area (Å²) >= 11 is 0. The van der Waals surface area contributed by atoms with E-state index in [4.69, 9.17) is 4.74 Å². The molecule has 0 radical (unpaired) electrons. The first-order valence-corrected chi connectivity index (χ1v) is 10.6. The standard InChI is InChI=1S/C21H24N2O3S/c1-22-13-5-6-17(22)14-16-15-23(21-8-4-3-7-20(16)21)27(24,25)19-11-9-18(26-2)10-12-19/h3-4,7-12,15,17H,5-6,13-14H2,1-2H3. The van der Waals surface area contributed by atoms with Crippen molar-refractivity contribution in [3.8, 4) is 5.75 Å². The van der Waals surface area contributed by atoms with Crippen LogP contribution in [0.25, 0.3) is 10.9 Å². The predicted molar refractivity (Wildman–Crippen MR) is 107 cm³/mol. The summed E-state index contributed by atoms with van der Waals surface area (Å²) in [4.78, 5) is 2.62. The molecule has 0 aliphatic carbocycles. The highest BCUT2D eigenvalue weighted by Crippen LogP contribution is 2.29. The second kappa shape index (κ2) is 7.02. The zero-order valence-corrected chi connectivity index (χ0v) is 16.4. The fourth-order valence-electron chi connectivity index (χ4n) is 3.93. The molecule has 4 rings (SSSR count). The van der Waals surface area contributed by atoms with Gasteiger partial charge in [-0.25, -0.2) is 12.4 Å². The van der Waals surface area contributed by atoms with E-state index >= 15 is 0 Å². The third-order valence-electron chi connectivity index (χ3n) is 5.50. The maximum Gasteiger partial charge on any atom is 0.268 e. The van der Waals surface area contributed by atoms with Gasteiger partial charge < -0.3 is 9.64 Å². The molecule has 1 fully saturated rings. The molecule has 1 aliphatic rings. The van der Waals surface area contributed by atoms with Crippen LogP contribution in [0.1, 0.15) is 18.4 Å². The molecule has 0 bridgehead atoms. The summed E-state index contributed by atoms with van der Waals surface area (Å²) in [5.41, 5.74) is 1.81. The van der Waals surface area contributed by atoms with Gasteiger partial charge in [-0.05, 0) is 68.8 Å². The number of likely N-dealkylation sites (N-methyl/N-ethyl adjacent to an activating group) is 1. The van der Waals surface area contributed by atoms with Gasteiger partial charge in [0.1, 0.15) is 5.75 Å². The molecular weight excluding hydrogens is 360 g/mol. The highest BCUT2D eigenvalue weighted by molar-refractivity contribution is 7.90. The Morgan fingerprint density at radius 1 is 1.11 bits per heavy atom. The third-order valence-corrected chi connectivity index (χ3v) is 7.19. The van der Waals surface area contributed by atoms with E-state index in [0.717, 1.165) is 35.9 Å². The maximum atomic E-state index is 13.3. The van der Waals surface area contributed by atoms with E-state index in [1.807, 2.05) is 24.3 Å². The van der Waals surface area contributed by atoms with Crippen LogP contribution < -0.4 is 4.74 Å². The monoisotopic (exact) mass is 384 g/mol. The van der Waals surface area contributed by atoms with Gasteiger partial charge in [0.2, 0.25) is 0 Å². The summed E-state index contributed by atoms with van der Waals surface area (Å²) in [5.74, 6) is 0.635. The molecule has 142 valence electrons. The lowest BCUT2D eigenvalue weighted by Crippen LogP contribution is -2.26. The lowest BCUT2D eigenvalue weighted by Gasteiger charge is -2.18. The number of ether oxygens (including phenoxy) is 1. The van der Waals surface area contributed by atoms with Gasteiger partial charge in [0.05, 0.1) is 17.5 Å². The van der Waals surface area contributed by atoms with Crippen molar-refractivity contribution in [1.82, 2.24) is 8.87 Å². The average molecular weight is 385 g/mol. The third kappa shape index (κ3) is 3.24. The molecular formula is C21H24N2O3S. The molecule has 1 saturated heterocycles. The van der Waals surface area contributed by atoms with E-state index in [1.165, 1.54) is 10.4 Å². The van der Waals surface area contributed by atoms with Crippen LogP contribution >= 0.6 is 0 Å². The minimum atomic E-state index is -3.67. The van der Waals surface area contributed by atoms with Gasteiger partial charge in [0, 0.05) is 17.6 Å². The van der Waals surface area contributed by atoms with Gasteiger partial charge in [-0.15, -0.1) is 0 Å². The van der Waals surface area contributed by atoms with Crippen LogP contribution in [0.4, 0.5) is 0 Å². The number of likely N-dealkylation sites (tertiary alicyclic amines) is 1. The summed E-state index contributed by atoms with van der Waals surface area (Å²) < 4.78 is 33.1. The number of fused-ring (bicyclic) bond motifs is 1. The van der Waals surface area contributed by atoms with Gasteiger partial charge in [0.15, 0.2) is 0 Å². The van der Waals surface area contributed by atoms with Crippen LogP contribution in [0, 0.1) is 0 Å². The van der Waals surface area contributed by atoms with Crippen molar-refractivity contribution in [2.24, 2.45) is 0 Å².